The van der Waals surface area contributed by atoms with Crippen LogP contribution >= 0.6 is 11.6 Å². The Morgan fingerprint density at radius 1 is 1.47 bits per heavy atom. The van der Waals surface area contributed by atoms with Crippen LogP contribution in [-0.2, 0) is 16.3 Å². The Morgan fingerprint density at radius 2 is 2.07 bits per heavy atom. The zero-order valence-electron chi connectivity index (χ0n) is 8.13. The largest absolute Gasteiger partial charge is 0.330 e. The van der Waals surface area contributed by atoms with Gasteiger partial charge in [-0.1, -0.05) is 11.6 Å². The lowest BCUT2D eigenvalue weighted by Crippen LogP contribution is -2.06. The zero-order chi connectivity index (χ0) is 11.6. The van der Waals surface area contributed by atoms with Crippen molar-refractivity contribution in [1.29, 1.82) is 0 Å². The number of nitrogens with two attached hydrogens (primary N) is 1. The van der Waals surface area contributed by atoms with Gasteiger partial charge in [-0.15, -0.1) is 0 Å². The molecule has 0 aromatic heterocycles. The van der Waals surface area contributed by atoms with Gasteiger partial charge in [0.15, 0.2) is 9.84 Å². The van der Waals surface area contributed by atoms with Crippen molar-refractivity contribution in [3.63, 3.8) is 0 Å². The maximum Gasteiger partial charge on any atom is 0.179 e. The van der Waals surface area contributed by atoms with Crippen LogP contribution in [0.15, 0.2) is 17.0 Å². The van der Waals surface area contributed by atoms with Crippen molar-refractivity contribution in [2.45, 2.75) is 11.3 Å². The topological polar surface area (TPSA) is 60.2 Å². The molecule has 0 spiro atoms. The normalized spacial score (nSPS) is 11.7. The minimum atomic E-state index is -3.63. The van der Waals surface area contributed by atoms with E-state index in [-0.39, 0.29) is 5.02 Å². The molecular weight excluding hydrogens is 241 g/mol. The molecular formula is C9H11ClFNO2S. The highest BCUT2D eigenvalue weighted by Gasteiger charge is 2.18. The molecule has 6 heteroatoms. The van der Waals surface area contributed by atoms with Crippen LogP contribution in [0.25, 0.3) is 0 Å². The van der Waals surface area contributed by atoms with Crippen LogP contribution in [0, 0.1) is 5.82 Å². The van der Waals surface area contributed by atoms with E-state index in [1.54, 1.807) is 0 Å². The first kappa shape index (κ1) is 12.4. The molecule has 0 amide bonds. The molecule has 0 unspecified atom stereocenters. The van der Waals surface area contributed by atoms with E-state index in [0.29, 0.717) is 18.5 Å². The SMILES string of the molecule is CS(=O)(=O)c1c(F)cc(CCN)cc1Cl. The number of rotatable bonds is 3. The summed E-state index contributed by atoms with van der Waals surface area (Å²) in [5.41, 5.74) is 5.89. The Bertz CT molecular complexity index is 450. The van der Waals surface area contributed by atoms with Crippen LogP contribution in [0.3, 0.4) is 0 Å². The molecule has 0 bridgehead atoms. The third-order valence-electron chi connectivity index (χ3n) is 1.86. The summed E-state index contributed by atoms with van der Waals surface area (Å²) in [5.74, 6) is -0.826. The zero-order valence-corrected chi connectivity index (χ0v) is 9.70. The molecule has 1 rings (SSSR count). The highest BCUT2D eigenvalue weighted by atomic mass is 35.5. The summed E-state index contributed by atoms with van der Waals surface area (Å²) in [6.07, 6.45) is 1.38. The molecule has 15 heavy (non-hydrogen) atoms. The third-order valence-corrected chi connectivity index (χ3v) is 3.43. The molecule has 0 heterocycles. The molecule has 0 aliphatic heterocycles. The fourth-order valence-corrected chi connectivity index (χ4v) is 2.75. The molecule has 0 aliphatic rings. The smallest absolute Gasteiger partial charge is 0.179 e. The van der Waals surface area contributed by atoms with Crippen LogP contribution in [-0.4, -0.2) is 21.2 Å². The molecule has 0 radical (unpaired) electrons. The van der Waals surface area contributed by atoms with Crippen LogP contribution in [0.5, 0.6) is 0 Å². The molecule has 0 fully saturated rings. The van der Waals surface area contributed by atoms with E-state index in [2.05, 4.69) is 0 Å². The minimum absolute atomic E-state index is 0.0963. The molecule has 2 N–H and O–H groups in total. The van der Waals surface area contributed by atoms with Crippen molar-refractivity contribution >= 4 is 21.4 Å². The fraction of sp³-hybridized carbons (Fsp3) is 0.333. The number of sulfone groups is 1. The molecule has 0 saturated carbocycles. The van der Waals surface area contributed by atoms with Gasteiger partial charge < -0.3 is 5.73 Å². The summed E-state index contributed by atoms with van der Waals surface area (Å²) in [5, 5.41) is -0.0963. The first-order valence-corrected chi connectivity index (χ1v) is 6.51. The quantitative estimate of drug-likeness (QED) is 0.883. The molecule has 1 aromatic carbocycles. The average molecular weight is 252 g/mol. The summed E-state index contributed by atoms with van der Waals surface area (Å²) in [6.45, 7) is 0.355. The van der Waals surface area contributed by atoms with Gasteiger partial charge in [0.05, 0.1) is 5.02 Å². The first-order chi connectivity index (χ1) is 6.86. The van der Waals surface area contributed by atoms with E-state index in [1.165, 1.54) is 6.07 Å². The fourth-order valence-electron chi connectivity index (χ4n) is 1.28. The molecule has 84 valence electrons. The Labute approximate surface area is 93.0 Å². The molecule has 0 atom stereocenters. The van der Waals surface area contributed by atoms with Crippen molar-refractivity contribution in [1.82, 2.24) is 0 Å². The average Bonchev–Trinajstić information content (AvgIpc) is 1.99. The summed E-state index contributed by atoms with van der Waals surface area (Å²) in [7, 11) is -3.63. The van der Waals surface area contributed by atoms with Crippen LogP contribution in [0.1, 0.15) is 5.56 Å². The highest BCUT2D eigenvalue weighted by Crippen LogP contribution is 2.26. The van der Waals surface area contributed by atoms with Crippen LogP contribution < -0.4 is 5.73 Å². The Balaban J connectivity index is 3.34. The van der Waals surface area contributed by atoms with Gasteiger partial charge in [-0.25, -0.2) is 12.8 Å². The van der Waals surface area contributed by atoms with E-state index in [1.807, 2.05) is 0 Å². The van der Waals surface area contributed by atoms with Crippen molar-refractivity contribution in [3.8, 4) is 0 Å². The maximum atomic E-state index is 13.4. The monoisotopic (exact) mass is 251 g/mol. The summed E-state index contributed by atoms with van der Waals surface area (Å²) >= 11 is 5.70. The van der Waals surface area contributed by atoms with E-state index in [0.717, 1.165) is 12.3 Å². The molecule has 1 aromatic rings. The van der Waals surface area contributed by atoms with Gasteiger partial charge in [0.25, 0.3) is 0 Å². The first-order valence-electron chi connectivity index (χ1n) is 4.24. The van der Waals surface area contributed by atoms with Gasteiger partial charge in [-0.3, -0.25) is 0 Å². The van der Waals surface area contributed by atoms with Crippen molar-refractivity contribution in [3.05, 3.63) is 28.5 Å². The second-order valence-electron chi connectivity index (χ2n) is 3.20. The van der Waals surface area contributed by atoms with Crippen LogP contribution in [0.4, 0.5) is 4.39 Å². The summed E-state index contributed by atoms with van der Waals surface area (Å²) in [6, 6.07) is 2.57. The third kappa shape index (κ3) is 2.90. The summed E-state index contributed by atoms with van der Waals surface area (Å²) in [4.78, 5) is -0.454. The molecule has 0 aliphatic carbocycles. The second kappa shape index (κ2) is 4.47. The van der Waals surface area contributed by atoms with E-state index < -0.39 is 20.5 Å². The Morgan fingerprint density at radius 3 is 2.47 bits per heavy atom. The predicted molar refractivity (Wildman–Crippen MR) is 57.3 cm³/mol. The number of benzene rings is 1. The van der Waals surface area contributed by atoms with Gasteiger partial charge in [-0.2, -0.15) is 0 Å². The maximum absolute atomic E-state index is 13.4. The Kier molecular flexibility index (Phi) is 3.70. The van der Waals surface area contributed by atoms with Gasteiger partial charge in [0.2, 0.25) is 0 Å². The lowest BCUT2D eigenvalue weighted by molar-refractivity contribution is 0.569. The van der Waals surface area contributed by atoms with Gasteiger partial charge in [-0.05, 0) is 30.7 Å². The predicted octanol–water partition coefficient (Wildman–Crippen LogP) is 1.38. The number of halogens is 2. The van der Waals surface area contributed by atoms with Crippen molar-refractivity contribution in [2.24, 2.45) is 5.73 Å². The van der Waals surface area contributed by atoms with E-state index in [4.69, 9.17) is 17.3 Å². The standard InChI is InChI=1S/C9H11ClFNO2S/c1-15(13,14)9-7(10)4-6(2-3-12)5-8(9)11/h4-5H,2-3,12H2,1H3. The molecule has 3 nitrogen and oxygen atoms in total. The van der Waals surface area contributed by atoms with Crippen molar-refractivity contribution < 1.29 is 12.8 Å². The van der Waals surface area contributed by atoms with E-state index >= 15 is 0 Å². The number of hydrogen-bond acceptors (Lipinski definition) is 3. The minimum Gasteiger partial charge on any atom is -0.330 e. The van der Waals surface area contributed by atoms with Crippen LogP contribution in [0.2, 0.25) is 5.02 Å². The lowest BCUT2D eigenvalue weighted by Gasteiger charge is -2.06. The Hall–Kier alpha value is -0.650. The summed E-state index contributed by atoms with van der Waals surface area (Å²) < 4.78 is 35.8. The number of hydrogen-bond donors (Lipinski definition) is 1. The van der Waals surface area contributed by atoms with Gasteiger partial charge in [0.1, 0.15) is 10.7 Å². The highest BCUT2D eigenvalue weighted by molar-refractivity contribution is 7.90. The molecule has 0 saturated heterocycles. The lowest BCUT2D eigenvalue weighted by atomic mass is 10.1. The van der Waals surface area contributed by atoms with Crippen molar-refractivity contribution in [2.75, 3.05) is 12.8 Å². The second-order valence-corrected chi connectivity index (χ2v) is 5.56. The van der Waals surface area contributed by atoms with Gasteiger partial charge >= 0.3 is 0 Å². The van der Waals surface area contributed by atoms with E-state index in [9.17, 15) is 12.8 Å². The van der Waals surface area contributed by atoms with Gasteiger partial charge in [0, 0.05) is 6.26 Å².